The van der Waals surface area contributed by atoms with Crippen LogP contribution in [0, 0.1) is 0 Å². The Morgan fingerprint density at radius 2 is 2.38 bits per heavy atom. The highest BCUT2D eigenvalue weighted by atomic mass is 32.1. The van der Waals surface area contributed by atoms with E-state index in [4.69, 9.17) is 5.73 Å². The van der Waals surface area contributed by atoms with Crippen LogP contribution in [0.15, 0.2) is 11.6 Å². The summed E-state index contributed by atoms with van der Waals surface area (Å²) in [7, 11) is 0. The van der Waals surface area contributed by atoms with E-state index in [-0.39, 0.29) is 5.91 Å². The molecule has 0 radical (unpaired) electrons. The van der Waals surface area contributed by atoms with E-state index in [1.54, 1.807) is 6.20 Å². The Bertz CT molecular complexity index is 335. The van der Waals surface area contributed by atoms with Gasteiger partial charge >= 0.3 is 0 Å². The van der Waals surface area contributed by atoms with Crippen LogP contribution in [0.1, 0.15) is 38.6 Å². The average molecular weight is 241 g/mol. The zero-order valence-electron chi connectivity index (χ0n) is 9.99. The quantitative estimate of drug-likeness (QED) is 0.823. The van der Waals surface area contributed by atoms with Crippen LogP contribution in [-0.4, -0.2) is 16.9 Å². The lowest BCUT2D eigenvalue weighted by atomic mass is 10.1. The lowest BCUT2D eigenvalue weighted by molar-refractivity contribution is -0.124. The van der Waals surface area contributed by atoms with Crippen LogP contribution in [0.5, 0.6) is 0 Å². The molecule has 0 aliphatic rings. The van der Waals surface area contributed by atoms with Crippen molar-refractivity contribution in [2.45, 2.75) is 45.2 Å². The van der Waals surface area contributed by atoms with Crippen LogP contribution < -0.4 is 11.1 Å². The van der Waals surface area contributed by atoms with E-state index in [2.05, 4.69) is 10.3 Å². The highest BCUT2D eigenvalue weighted by molar-refractivity contribution is 7.09. The van der Waals surface area contributed by atoms with Crippen molar-refractivity contribution >= 4 is 17.2 Å². The molecule has 1 atom stereocenters. The second-order valence-electron chi connectivity index (χ2n) is 4.35. The van der Waals surface area contributed by atoms with Gasteiger partial charge in [-0.2, -0.15) is 0 Å². The van der Waals surface area contributed by atoms with E-state index >= 15 is 0 Å². The number of nitrogens with zero attached hydrogens (tertiary/aromatic N) is 1. The van der Waals surface area contributed by atoms with Crippen molar-refractivity contribution < 1.29 is 4.79 Å². The average Bonchev–Trinajstić information content (AvgIpc) is 2.70. The third kappa shape index (κ3) is 3.28. The normalized spacial score (nSPS) is 13.5. The molecule has 0 aliphatic heterocycles. The molecule has 3 N–H and O–H groups in total. The van der Waals surface area contributed by atoms with E-state index in [1.165, 1.54) is 11.3 Å². The fraction of sp³-hybridized carbons (Fsp3) is 0.636. The van der Waals surface area contributed by atoms with Gasteiger partial charge in [0.05, 0.1) is 11.6 Å². The molecule has 0 aromatic carbocycles. The Kier molecular flexibility index (Phi) is 4.44. The van der Waals surface area contributed by atoms with Gasteiger partial charge in [-0.05, 0) is 20.3 Å². The number of nitrogens with two attached hydrogens (primary N) is 1. The molecule has 1 heterocycles. The summed E-state index contributed by atoms with van der Waals surface area (Å²) in [6.45, 7) is 5.88. The van der Waals surface area contributed by atoms with E-state index < -0.39 is 11.6 Å². The molecule has 90 valence electrons. The van der Waals surface area contributed by atoms with E-state index in [1.807, 2.05) is 26.2 Å². The van der Waals surface area contributed by atoms with Crippen LogP contribution in [0.2, 0.25) is 0 Å². The highest BCUT2D eigenvalue weighted by Crippen LogP contribution is 2.21. The molecule has 0 saturated heterocycles. The molecular weight excluding hydrogens is 222 g/mol. The first-order chi connectivity index (χ1) is 7.47. The van der Waals surface area contributed by atoms with Crippen LogP contribution in [0.25, 0.3) is 0 Å². The van der Waals surface area contributed by atoms with Crippen molar-refractivity contribution in [1.82, 2.24) is 10.3 Å². The topological polar surface area (TPSA) is 68.0 Å². The number of aromatic nitrogens is 1. The van der Waals surface area contributed by atoms with E-state index in [0.717, 1.165) is 11.4 Å². The lowest BCUT2D eigenvalue weighted by Crippen LogP contribution is -2.48. The van der Waals surface area contributed by atoms with Crippen LogP contribution in [0.3, 0.4) is 0 Å². The van der Waals surface area contributed by atoms with Gasteiger partial charge in [-0.1, -0.05) is 13.3 Å². The molecule has 0 fully saturated rings. The van der Waals surface area contributed by atoms with Gasteiger partial charge in [0, 0.05) is 11.6 Å². The number of rotatable bonds is 5. The van der Waals surface area contributed by atoms with Crippen LogP contribution in [0.4, 0.5) is 0 Å². The summed E-state index contributed by atoms with van der Waals surface area (Å²) in [5.41, 5.74) is 5.31. The minimum Gasteiger partial charge on any atom is -0.343 e. The highest BCUT2D eigenvalue weighted by Gasteiger charge is 2.27. The first-order valence-electron chi connectivity index (χ1n) is 5.45. The fourth-order valence-electron chi connectivity index (χ4n) is 1.43. The second-order valence-corrected chi connectivity index (χ2v) is 5.24. The van der Waals surface area contributed by atoms with Gasteiger partial charge in [0.2, 0.25) is 5.91 Å². The number of carbonyl (C=O) groups is 1. The maximum atomic E-state index is 11.8. The second kappa shape index (κ2) is 5.41. The zero-order valence-corrected chi connectivity index (χ0v) is 10.8. The molecule has 16 heavy (non-hydrogen) atoms. The smallest absolute Gasteiger partial charge is 0.237 e. The molecule has 1 aromatic heterocycles. The summed E-state index contributed by atoms with van der Waals surface area (Å²) in [4.78, 5) is 16.0. The van der Waals surface area contributed by atoms with Gasteiger partial charge in [0.15, 0.2) is 0 Å². The monoisotopic (exact) mass is 241 g/mol. The predicted octanol–water partition coefficient (Wildman–Crippen LogP) is 1.62. The fourth-order valence-corrected chi connectivity index (χ4v) is 2.15. The number of amides is 1. The minimum atomic E-state index is -0.448. The van der Waals surface area contributed by atoms with Gasteiger partial charge in [-0.15, -0.1) is 11.3 Å². The van der Waals surface area contributed by atoms with Crippen LogP contribution >= 0.6 is 11.3 Å². The van der Waals surface area contributed by atoms with Gasteiger partial charge in [-0.3, -0.25) is 4.79 Å². The maximum absolute atomic E-state index is 11.8. The zero-order chi connectivity index (χ0) is 12.2. The minimum absolute atomic E-state index is 0.109. The molecule has 1 aromatic rings. The largest absolute Gasteiger partial charge is 0.343 e. The van der Waals surface area contributed by atoms with Crippen molar-refractivity contribution in [2.75, 3.05) is 0 Å². The summed E-state index contributed by atoms with van der Waals surface area (Å²) >= 11 is 1.53. The molecule has 1 rings (SSSR count). The van der Waals surface area contributed by atoms with Crippen molar-refractivity contribution in [2.24, 2.45) is 5.73 Å². The predicted molar refractivity (Wildman–Crippen MR) is 66.2 cm³/mol. The van der Waals surface area contributed by atoms with Gasteiger partial charge in [0.25, 0.3) is 0 Å². The SMILES string of the molecule is CCC[C@@H](N)C(=O)NC(C)(C)c1nccs1. The summed E-state index contributed by atoms with van der Waals surface area (Å²) in [6.07, 6.45) is 3.35. The van der Waals surface area contributed by atoms with Gasteiger partial charge < -0.3 is 11.1 Å². The summed E-state index contributed by atoms with van der Waals surface area (Å²) < 4.78 is 0. The van der Waals surface area contributed by atoms with Crippen molar-refractivity contribution in [3.05, 3.63) is 16.6 Å². The Labute approximate surface area is 100 Å². The molecule has 0 bridgehead atoms. The number of thiazole rings is 1. The third-order valence-corrected chi connectivity index (χ3v) is 3.44. The Morgan fingerprint density at radius 1 is 1.69 bits per heavy atom. The number of carbonyl (C=O) groups excluding carboxylic acids is 1. The molecule has 5 heteroatoms. The Morgan fingerprint density at radius 3 is 2.88 bits per heavy atom. The first-order valence-corrected chi connectivity index (χ1v) is 6.33. The molecule has 0 unspecified atom stereocenters. The summed E-state index contributed by atoms with van der Waals surface area (Å²) in [5.74, 6) is -0.109. The standard InChI is InChI=1S/C11H19N3OS/c1-4-5-8(12)9(15)14-11(2,3)10-13-6-7-16-10/h6-8H,4-5,12H2,1-3H3,(H,14,15)/t8-/m1/s1. The Balaban J connectivity index is 2.63. The molecule has 1 amide bonds. The molecular formula is C11H19N3OS. The lowest BCUT2D eigenvalue weighted by Gasteiger charge is -2.25. The molecule has 0 saturated carbocycles. The number of hydrogen-bond acceptors (Lipinski definition) is 4. The van der Waals surface area contributed by atoms with Crippen molar-refractivity contribution in [1.29, 1.82) is 0 Å². The van der Waals surface area contributed by atoms with Crippen LogP contribution in [-0.2, 0) is 10.3 Å². The van der Waals surface area contributed by atoms with Crippen molar-refractivity contribution in [3.63, 3.8) is 0 Å². The molecule has 0 spiro atoms. The third-order valence-electron chi connectivity index (χ3n) is 2.34. The summed E-state index contributed by atoms with van der Waals surface area (Å²) in [5, 5.41) is 5.72. The number of nitrogens with one attached hydrogen (secondary N) is 1. The first kappa shape index (κ1) is 13.1. The van der Waals surface area contributed by atoms with Gasteiger partial charge in [-0.25, -0.2) is 4.98 Å². The maximum Gasteiger partial charge on any atom is 0.237 e. The molecule has 0 aliphatic carbocycles. The van der Waals surface area contributed by atoms with Crippen molar-refractivity contribution in [3.8, 4) is 0 Å². The summed E-state index contributed by atoms with van der Waals surface area (Å²) in [6, 6.07) is -0.427. The van der Waals surface area contributed by atoms with E-state index in [0.29, 0.717) is 6.42 Å². The Hall–Kier alpha value is -0.940. The molecule has 4 nitrogen and oxygen atoms in total. The van der Waals surface area contributed by atoms with Gasteiger partial charge in [0.1, 0.15) is 5.01 Å². The number of hydrogen-bond donors (Lipinski definition) is 2. The van der Waals surface area contributed by atoms with E-state index in [9.17, 15) is 4.79 Å².